The van der Waals surface area contributed by atoms with Crippen molar-refractivity contribution in [2.24, 2.45) is 0 Å². The van der Waals surface area contributed by atoms with Crippen LogP contribution in [0.2, 0.25) is 0 Å². The van der Waals surface area contributed by atoms with Crippen molar-refractivity contribution in [3.05, 3.63) is 29.6 Å². The zero-order valence-corrected chi connectivity index (χ0v) is 12.2. The largest absolute Gasteiger partial charge is 0.462 e. The Morgan fingerprint density at radius 3 is 2.50 bits per heavy atom. The summed E-state index contributed by atoms with van der Waals surface area (Å²) >= 11 is 0. The number of benzene rings is 1. The summed E-state index contributed by atoms with van der Waals surface area (Å²) in [4.78, 5) is 11.7. The number of esters is 1. The van der Waals surface area contributed by atoms with Gasteiger partial charge in [-0.3, -0.25) is 0 Å². The number of nitrogen functional groups attached to an aromatic ring is 1. The average Bonchev–Trinajstić information content (AvgIpc) is 2.44. The van der Waals surface area contributed by atoms with Gasteiger partial charge in [-0.2, -0.15) is 0 Å². The van der Waals surface area contributed by atoms with Crippen molar-refractivity contribution in [2.45, 2.75) is 51.9 Å². The molecule has 1 aromatic carbocycles. The Bertz CT molecular complexity index is 421. The van der Waals surface area contributed by atoms with Crippen molar-refractivity contribution in [1.29, 1.82) is 0 Å². The lowest BCUT2D eigenvalue weighted by Gasteiger charge is -2.06. The first kappa shape index (κ1) is 16.5. The van der Waals surface area contributed by atoms with Gasteiger partial charge < -0.3 is 10.5 Å². The Labute approximate surface area is 120 Å². The fraction of sp³-hybridized carbons (Fsp3) is 0.562. The number of halogens is 1. The summed E-state index contributed by atoms with van der Waals surface area (Å²) in [6, 6.07) is 3.91. The molecule has 0 saturated heterocycles. The number of carbonyl (C=O) groups excluding carboxylic acids is 1. The molecule has 4 heteroatoms. The van der Waals surface area contributed by atoms with E-state index < -0.39 is 11.8 Å². The molecule has 3 nitrogen and oxygen atoms in total. The Morgan fingerprint density at radius 1 is 1.15 bits per heavy atom. The number of nitrogens with two attached hydrogens (primary N) is 1. The van der Waals surface area contributed by atoms with E-state index in [0.717, 1.165) is 19.3 Å². The summed E-state index contributed by atoms with van der Waals surface area (Å²) in [5.74, 6) is -1.23. The van der Waals surface area contributed by atoms with E-state index in [1.165, 1.54) is 43.9 Å². The molecule has 0 amide bonds. The first-order valence-corrected chi connectivity index (χ1v) is 7.37. The molecular formula is C16H24FNO2. The summed E-state index contributed by atoms with van der Waals surface area (Å²) < 4.78 is 18.5. The number of unbranched alkanes of at least 4 members (excludes halogenated alkanes) is 6. The Hall–Kier alpha value is -1.58. The van der Waals surface area contributed by atoms with Crippen LogP contribution in [0.3, 0.4) is 0 Å². The van der Waals surface area contributed by atoms with Crippen LogP contribution in [0, 0.1) is 5.82 Å². The van der Waals surface area contributed by atoms with Gasteiger partial charge in [0, 0.05) is 5.69 Å². The van der Waals surface area contributed by atoms with Crippen molar-refractivity contribution in [3.63, 3.8) is 0 Å². The SMILES string of the molecule is CCCCCCCCCOC(=O)c1cc(N)ccc1F. The molecule has 0 radical (unpaired) electrons. The monoisotopic (exact) mass is 281 g/mol. The van der Waals surface area contributed by atoms with Crippen LogP contribution in [0.5, 0.6) is 0 Å². The lowest BCUT2D eigenvalue weighted by Crippen LogP contribution is -2.09. The molecule has 0 aliphatic heterocycles. The first-order valence-electron chi connectivity index (χ1n) is 7.37. The van der Waals surface area contributed by atoms with E-state index in [1.807, 2.05) is 0 Å². The second kappa shape index (κ2) is 9.34. The van der Waals surface area contributed by atoms with Crippen molar-refractivity contribution in [3.8, 4) is 0 Å². The van der Waals surface area contributed by atoms with E-state index in [4.69, 9.17) is 10.5 Å². The van der Waals surface area contributed by atoms with Gasteiger partial charge in [0.2, 0.25) is 0 Å². The second-order valence-corrected chi connectivity index (χ2v) is 5.00. The normalized spacial score (nSPS) is 10.5. The van der Waals surface area contributed by atoms with Crippen molar-refractivity contribution in [1.82, 2.24) is 0 Å². The molecule has 0 aromatic heterocycles. The first-order chi connectivity index (χ1) is 9.65. The molecule has 0 aliphatic rings. The molecule has 112 valence electrons. The van der Waals surface area contributed by atoms with Gasteiger partial charge in [0.25, 0.3) is 0 Å². The molecular weight excluding hydrogens is 257 g/mol. The number of carbonyl (C=O) groups is 1. The molecule has 2 N–H and O–H groups in total. The van der Waals surface area contributed by atoms with Crippen LogP contribution in [0.4, 0.5) is 10.1 Å². The van der Waals surface area contributed by atoms with Gasteiger partial charge >= 0.3 is 5.97 Å². The molecule has 1 rings (SSSR count). The number of hydrogen-bond donors (Lipinski definition) is 1. The molecule has 0 unspecified atom stereocenters. The highest BCUT2D eigenvalue weighted by Gasteiger charge is 2.13. The zero-order chi connectivity index (χ0) is 14.8. The van der Waals surface area contributed by atoms with Crippen LogP contribution in [0.1, 0.15) is 62.2 Å². The second-order valence-electron chi connectivity index (χ2n) is 5.00. The van der Waals surface area contributed by atoms with Crippen LogP contribution in [0.25, 0.3) is 0 Å². The van der Waals surface area contributed by atoms with Gasteiger partial charge in [0.05, 0.1) is 12.2 Å². The third kappa shape index (κ3) is 6.04. The van der Waals surface area contributed by atoms with E-state index in [2.05, 4.69) is 6.92 Å². The fourth-order valence-corrected chi connectivity index (χ4v) is 2.00. The molecule has 0 aliphatic carbocycles. The zero-order valence-electron chi connectivity index (χ0n) is 12.2. The summed E-state index contributed by atoms with van der Waals surface area (Å²) in [6.45, 7) is 2.52. The van der Waals surface area contributed by atoms with Crippen molar-refractivity contribution < 1.29 is 13.9 Å². The lowest BCUT2D eigenvalue weighted by atomic mass is 10.1. The average molecular weight is 281 g/mol. The van der Waals surface area contributed by atoms with Gasteiger partial charge in [0.1, 0.15) is 5.82 Å². The van der Waals surface area contributed by atoms with Gasteiger partial charge in [-0.25, -0.2) is 9.18 Å². The van der Waals surface area contributed by atoms with E-state index >= 15 is 0 Å². The number of anilines is 1. The van der Waals surface area contributed by atoms with Gasteiger partial charge in [-0.15, -0.1) is 0 Å². The molecule has 1 aromatic rings. The van der Waals surface area contributed by atoms with Gasteiger partial charge in [-0.05, 0) is 24.6 Å². The van der Waals surface area contributed by atoms with Crippen molar-refractivity contribution >= 4 is 11.7 Å². The Balaban J connectivity index is 2.18. The van der Waals surface area contributed by atoms with Crippen LogP contribution in [-0.4, -0.2) is 12.6 Å². The maximum Gasteiger partial charge on any atom is 0.341 e. The maximum absolute atomic E-state index is 13.4. The van der Waals surface area contributed by atoms with E-state index in [9.17, 15) is 9.18 Å². The van der Waals surface area contributed by atoms with Crippen molar-refractivity contribution in [2.75, 3.05) is 12.3 Å². The van der Waals surface area contributed by atoms with Crippen LogP contribution < -0.4 is 5.73 Å². The summed E-state index contributed by atoms with van der Waals surface area (Å²) in [7, 11) is 0. The molecule has 0 atom stereocenters. The molecule has 0 spiro atoms. The molecule has 0 bridgehead atoms. The highest BCUT2D eigenvalue weighted by Crippen LogP contribution is 2.14. The minimum Gasteiger partial charge on any atom is -0.462 e. The quantitative estimate of drug-likeness (QED) is 0.417. The smallest absolute Gasteiger partial charge is 0.341 e. The summed E-state index contributed by atoms with van der Waals surface area (Å²) in [6.07, 6.45) is 8.03. The molecule has 0 heterocycles. The fourth-order valence-electron chi connectivity index (χ4n) is 2.00. The predicted octanol–water partition coefficient (Wildman–Crippen LogP) is 4.32. The highest BCUT2D eigenvalue weighted by atomic mass is 19.1. The number of hydrogen-bond acceptors (Lipinski definition) is 3. The van der Waals surface area contributed by atoms with E-state index in [1.54, 1.807) is 0 Å². The predicted molar refractivity (Wildman–Crippen MR) is 79.1 cm³/mol. The summed E-state index contributed by atoms with van der Waals surface area (Å²) in [5, 5.41) is 0. The highest BCUT2D eigenvalue weighted by molar-refractivity contribution is 5.90. The lowest BCUT2D eigenvalue weighted by molar-refractivity contribution is 0.0492. The minimum atomic E-state index is -0.638. The molecule has 20 heavy (non-hydrogen) atoms. The number of rotatable bonds is 9. The number of ether oxygens (including phenoxy) is 1. The minimum absolute atomic E-state index is 0.0899. The van der Waals surface area contributed by atoms with E-state index in [-0.39, 0.29) is 5.56 Å². The van der Waals surface area contributed by atoms with Crippen LogP contribution in [0.15, 0.2) is 18.2 Å². The molecule has 0 saturated carbocycles. The third-order valence-electron chi connectivity index (χ3n) is 3.19. The molecule has 0 fully saturated rings. The van der Waals surface area contributed by atoms with Crippen LogP contribution in [-0.2, 0) is 4.74 Å². The topological polar surface area (TPSA) is 52.3 Å². The Kier molecular flexibility index (Phi) is 7.70. The third-order valence-corrected chi connectivity index (χ3v) is 3.19. The Morgan fingerprint density at radius 2 is 1.80 bits per heavy atom. The van der Waals surface area contributed by atoms with E-state index in [0.29, 0.717) is 12.3 Å². The standard InChI is InChI=1S/C16H24FNO2/c1-2-3-4-5-6-7-8-11-20-16(19)14-12-13(18)9-10-15(14)17/h9-10,12H,2-8,11,18H2,1H3. The van der Waals surface area contributed by atoms with Gasteiger partial charge in [-0.1, -0.05) is 45.4 Å². The summed E-state index contributed by atoms with van der Waals surface area (Å²) in [5.41, 5.74) is 5.79. The van der Waals surface area contributed by atoms with Crippen LogP contribution >= 0.6 is 0 Å². The maximum atomic E-state index is 13.4. The van der Waals surface area contributed by atoms with Gasteiger partial charge in [0.15, 0.2) is 0 Å².